The summed E-state index contributed by atoms with van der Waals surface area (Å²) in [7, 11) is 0.106. The Balaban J connectivity index is 1.86. The number of thiazole rings is 1. The molecule has 108 valence electrons. The second kappa shape index (κ2) is 6.30. The maximum Gasteiger partial charge on any atom is 0.213 e. The van der Waals surface area contributed by atoms with Crippen LogP contribution in [0, 0.1) is 0 Å². The molecule has 19 heavy (non-hydrogen) atoms. The molecule has 0 spiro atoms. The summed E-state index contributed by atoms with van der Waals surface area (Å²) in [5, 5.41) is 3.16. The van der Waals surface area contributed by atoms with Crippen molar-refractivity contribution < 1.29 is 8.42 Å². The van der Waals surface area contributed by atoms with Crippen molar-refractivity contribution in [1.82, 2.24) is 14.2 Å². The van der Waals surface area contributed by atoms with Crippen LogP contribution in [0.1, 0.15) is 30.3 Å². The lowest BCUT2D eigenvalue weighted by Crippen LogP contribution is -2.29. The molecule has 0 amide bonds. The molecule has 1 aromatic rings. The summed E-state index contributed by atoms with van der Waals surface area (Å²) in [5.74, 6) is 0.223. The Morgan fingerprint density at radius 3 is 2.95 bits per heavy atom. The lowest BCUT2D eigenvalue weighted by molar-refractivity contribution is 0.257. The van der Waals surface area contributed by atoms with Crippen molar-refractivity contribution in [2.45, 2.75) is 25.3 Å². The van der Waals surface area contributed by atoms with E-state index in [1.807, 2.05) is 11.6 Å². The molecule has 0 aromatic carbocycles. The van der Waals surface area contributed by atoms with Gasteiger partial charge in [-0.1, -0.05) is 0 Å². The maximum absolute atomic E-state index is 11.7. The van der Waals surface area contributed by atoms with Crippen molar-refractivity contribution >= 4 is 21.4 Å². The first-order valence-electron chi connectivity index (χ1n) is 6.54. The molecule has 0 saturated carbocycles. The minimum absolute atomic E-state index is 0.223. The van der Waals surface area contributed by atoms with E-state index in [9.17, 15) is 8.42 Å². The fourth-order valence-electron chi connectivity index (χ4n) is 2.41. The monoisotopic (exact) mass is 303 g/mol. The highest BCUT2D eigenvalue weighted by atomic mass is 32.2. The highest BCUT2D eigenvalue weighted by Crippen LogP contribution is 2.32. The molecule has 0 N–H and O–H groups in total. The molecule has 0 aliphatic carbocycles. The summed E-state index contributed by atoms with van der Waals surface area (Å²) in [4.78, 5) is 6.75. The summed E-state index contributed by atoms with van der Waals surface area (Å²) in [5.41, 5.74) is 0. The molecule has 1 atom stereocenters. The van der Waals surface area contributed by atoms with Crippen LogP contribution >= 0.6 is 11.3 Å². The number of hydrogen-bond acceptors (Lipinski definition) is 5. The molecule has 1 saturated heterocycles. The molecule has 1 unspecified atom stereocenters. The number of hydrogen-bond donors (Lipinski definition) is 0. The van der Waals surface area contributed by atoms with Gasteiger partial charge >= 0.3 is 0 Å². The van der Waals surface area contributed by atoms with Crippen LogP contribution in [0.5, 0.6) is 0 Å². The molecule has 5 nitrogen and oxygen atoms in total. The fourth-order valence-corrected chi connectivity index (χ4v) is 4.07. The van der Waals surface area contributed by atoms with E-state index in [1.165, 1.54) is 10.7 Å². The molecule has 1 fully saturated rings. The van der Waals surface area contributed by atoms with Gasteiger partial charge in [0.1, 0.15) is 5.01 Å². The van der Waals surface area contributed by atoms with Crippen LogP contribution in [-0.4, -0.2) is 55.5 Å². The largest absolute Gasteiger partial charge is 0.294 e. The Morgan fingerprint density at radius 2 is 2.32 bits per heavy atom. The van der Waals surface area contributed by atoms with Crippen molar-refractivity contribution in [1.29, 1.82) is 0 Å². The first-order valence-corrected chi connectivity index (χ1v) is 9.03. The standard InChI is InChI=1S/C12H21N3O2S2/c1-14(2)19(16,17)10-4-8-15-7-3-5-11(15)12-13-6-9-18-12/h6,9,11H,3-5,7-8,10H2,1-2H3. The fraction of sp³-hybridized carbons (Fsp3) is 0.750. The Labute approximate surface area is 119 Å². The minimum atomic E-state index is -3.07. The van der Waals surface area contributed by atoms with E-state index < -0.39 is 10.0 Å². The Bertz CT molecular complexity index is 485. The zero-order chi connectivity index (χ0) is 13.9. The smallest absolute Gasteiger partial charge is 0.213 e. The van der Waals surface area contributed by atoms with Crippen molar-refractivity contribution in [3.05, 3.63) is 16.6 Å². The second-order valence-corrected chi connectivity index (χ2v) is 8.24. The average molecular weight is 303 g/mol. The van der Waals surface area contributed by atoms with Gasteiger partial charge in [-0.3, -0.25) is 4.90 Å². The van der Waals surface area contributed by atoms with Crippen LogP contribution in [-0.2, 0) is 10.0 Å². The third kappa shape index (κ3) is 3.75. The quantitative estimate of drug-likeness (QED) is 0.800. The molecule has 2 heterocycles. The van der Waals surface area contributed by atoms with E-state index >= 15 is 0 Å². The molecule has 0 bridgehead atoms. The van der Waals surface area contributed by atoms with Crippen LogP contribution in [0.15, 0.2) is 11.6 Å². The third-order valence-electron chi connectivity index (χ3n) is 3.50. The van der Waals surface area contributed by atoms with Gasteiger partial charge in [0.25, 0.3) is 0 Å². The molecule has 0 radical (unpaired) electrons. The highest BCUT2D eigenvalue weighted by Gasteiger charge is 2.27. The van der Waals surface area contributed by atoms with Crippen LogP contribution < -0.4 is 0 Å². The zero-order valence-electron chi connectivity index (χ0n) is 11.4. The lowest BCUT2D eigenvalue weighted by atomic mass is 10.2. The molecular formula is C12H21N3O2S2. The summed E-state index contributed by atoms with van der Waals surface area (Å²) < 4.78 is 24.7. The predicted octanol–water partition coefficient (Wildman–Crippen LogP) is 1.56. The van der Waals surface area contributed by atoms with Gasteiger partial charge in [-0.25, -0.2) is 17.7 Å². The molecule has 1 aliphatic heterocycles. The second-order valence-electron chi connectivity index (χ2n) is 5.02. The predicted molar refractivity (Wildman–Crippen MR) is 77.8 cm³/mol. The van der Waals surface area contributed by atoms with E-state index in [0.29, 0.717) is 12.5 Å². The van der Waals surface area contributed by atoms with Gasteiger partial charge in [0.2, 0.25) is 10.0 Å². The number of nitrogens with zero attached hydrogens (tertiary/aromatic N) is 3. The van der Waals surface area contributed by atoms with Crippen molar-refractivity contribution in [2.24, 2.45) is 0 Å². The summed E-state index contributed by atoms with van der Waals surface area (Å²) >= 11 is 1.69. The molecule has 7 heteroatoms. The Morgan fingerprint density at radius 1 is 1.53 bits per heavy atom. The molecular weight excluding hydrogens is 282 g/mol. The zero-order valence-corrected chi connectivity index (χ0v) is 13.1. The van der Waals surface area contributed by atoms with Gasteiger partial charge in [0.15, 0.2) is 0 Å². The minimum Gasteiger partial charge on any atom is -0.294 e. The number of aromatic nitrogens is 1. The highest BCUT2D eigenvalue weighted by molar-refractivity contribution is 7.89. The van der Waals surface area contributed by atoms with Gasteiger partial charge in [0.05, 0.1) is 11.8 Å². The van der Waals surface area contributed by atoms with Crippen molar-refractivity contribution in [2.75, 3.05) is 32.9 Å². The first kappa shape index (κ1) is 14.9. The molecule has 2 rings (SSSR count). The summed E-state index contributed by atoms with van der Waals surface area (Å²) in [6.07, 6.45) is 4.83. The first-order chi connectivity index (χ1) is 9.00. The van der Waals surface area contributed by atoms with Gasteiger partial charge in [-0.2, -0.15) is 0 Å². The average Bonchev–Trinajstić information content (AvgIpc) is 2.97. The van der Waals surface area contributed by atoms with E-state index in [4.69, 9.17) is 0 Å². The van der Waals surface area contributed by atoms with E-state index in [0.717, 1.165) is 24.5 Å². The SMILES string of the molecule is CN(C)S(=O)(=O)CCCN1CCCC1c1nccs1. The Kier molecular flexibility index (Phi) is 4.94. The van der Waals surface area contributed by atoms with E-state index in [2.05, 4.69) is 9.88 Å². The van der Waals surface area contributed by atoms with E-state index in [1.54, 1.807) is 25.4 Å². The normalized spacial score (nSPS) is 21.3. The number of rotatable bonds is 6. The molecule has 1 aromatic heterocycles. The summed E-state index contributed by atoms with van der Waals surface area (Å²) in [6.45, 7) is 1.88. The van der Waals surface area contributed by atoms with E-state index in [-0.39, 0.29) is 5.75 Å². The summed E-state index contributed by atoms with van der Waals surface area (Å²) in [6, 6.07) is 0.391. The number of likely N-dealkylation sites (tertiary alicyclic amines) is 1. The Hall–Kier alpha value is -0.500. The van der Waals surface area contributed by atoms with Gasteiger partial charge in [0, 0.05) is 25.7 Å². The van der Waals surface area contributed by atoms with Crippen LogP contribution in [0.25, 0.3) is 0 Å². The number of sulfonamides is 1. The van der Waals surface area contributed by atoms with Gasteiger partial charge in [-0.15, -0.1) is 11.3 Å². The topological polar surface area (TPSA) is 53.5 Å². The van der Waals surface area contributed by atoms with Crippen molar-refractivity contribution in [3.8, 4) is 0 Å². The molecule has 1 aliphatic rings. The lowest BCUT2D eigenvalue weighted by Gasteiger charge is -2.22. The third-order valence-corrected chi connectivity index (χ3v) is 6.30. The van der Waals surface area contributed by atoms with Crippen LogP contribution in [0.4, 0.5) is 0 Å². The van der Waals surface area contributed by atoms with Gasteiger partial charge in [-0.05, 0) is 32.4 Å². The van der Waals surface area contributed by atoms with Crippen molar-refractivity contribution in [3.63, 3.8) is 0 Å². The maximum atomic E-state index is 11.7. The van der Waals surface area contributed by atoms with Crippen LogP contribution in [0.3, 0.4) is 0 Å². The van der Waals surface area contributed by atoms with Gasteiger partial charge < -0.3 is 0 Å². The van der Waals surface area contributed by atoms with Crippen LogP contribution in [0.2, 0.25) is 0 Å².